The molecule has 0 bridgehead atoms. The first kappa shape index (κ1) is 19.0. The second kappa shape index (κ2) is 9.85. The summed E-state index contributed by atoms with van der Waals surface area (Å²) in [7, 11) is 1.54. The zero-order valence-electron chi connectivity index (χ0n) is 15.0. The third-order valence-electron chi connectivity index (χ3n) is 4.23. The lowest BCUT2D eigenvalue weighted by Crippen LogP contribution is -2.23. The number of hydrogen-bond acceptors (Lipinski definition) is 5. The average molecular weight is 342 g/mol. The Labute approximate surface area is 149 Å². The molecule has 1 aliphatic heterocycles. The molecule has 0 aliphatic carbocycles. The summed E-state index contributed by atoms with van der Waals surface area (Å²) in [4.78, 5) is 14.4. The molecule has 1 aromatic carbocycles. The van der Waals surface area contributed by atoms with Crippen molar-refractivity contribution in [2.45, 2.75) is 38.7 Å². The quantitative estimate of drug-likeness (QED) is 0.449. The van der Waals surface area contributed by atoms with Crippen molar-refractivity contribution in [3.63, 3.8) is 0 Å². The van der Waals surface area contributed by atoms with E-state index >= 15 is 0 Å². The lowest BCUT2D eigenvalue weighted by molar-refractivity contribution is -0.145. The van der Waals surface area contributed by atoms with E-state index < -0.39 is 5.97 Å². The monoisotopic (exact) mass is 342 g/mol. The van der Waals surface area contributed by atoms with Crippen molar-refractivity contribution >= 4 is 17.7 Å². The minimum absolute atomic E-state index is 0.00882. The van der Waals surface area contributed by atoms with Crippen LogP contribution in [-0.2, 0) is 14.3 Å². The van der Waals surface area contributed by atoms with Gasteiger partial charge in [-0.15, -0.1) is 0 Å². The molecular formula is C20H26N2O3. The smallest absolute Gasteiger partial charge is 0.349 e. The van der Waals surface area contributed by atoms with Crippen molar-refractivity contribution in [2.75, 3.05) is 31.7 Å². The number of carbonyl (C=O) groups excluding carboxylic acids is 1. The maximum absolute atomic E-state index is 12.0. The molecule has 1 aliphatic rings. The summed E-state index contributed by atoms with van der Waals surface area (Å²) >= 11 is 0. The van der Waals surface area contributed by atoms with Crippen LogP contribution >= 0.6 is 0 Å². The lowest BCUT2D eigenvalue weighted by atomic mass is 10.1. The Morgan fingerprint density at radius 2 is 1.88 bits per heavy atom. The molecule has 1 fully saturated rings. The first-order valence-corrected chi connectivity index (χ1v) is 8.80. The minimum atomic E-state index is -0.622. The predicted octanol–water partition coefficient (Wildman–Crippen LogP) is 3.55. The number of hydrogen-bond donors (Lipinski definition) is 0. The molecule has 0 aromatic heterocycles. The van der Waals surface area contributed by atoms with Crippen molar-refractivity contribution in [3.8, 4) is 6.07 Å². The number of rotatable bonds is 6. The Hall–Kier alpha value is -2.32. The van der Waals surface area contributed by atoms with E-state index in [0.717, 1.165) is 18.7 Å². The van der Waals surface area contributed by atoms with Crippen LogP contribution in [0.5, 0.6) is 0 Å². The zero-order chi connectivity index (χ0) is 18.1. The number of nitriles is 1. The summed E-state index contributed by atoms with van der Waals surface area (Å²) in [5, 5.41) is 9.23. The van der Waals surface area contributed by atoms with E-state index in [2.05, 4.69) is 4.90 Å². The predicted molar refractivity (Wildman–Crippen MR) is 98.1 cm³/mol. The Bertz CT molecular complexity index is 623. The van der Waals surface area contributed by atoms with Gasteiger partial charge >= 0.3 is 5.97 Å². The van der Waals surface area contributed by atoms with Crippen molar-refractivity contribution in [1.29, 1.82) is 5.26 Å². The summed E-state index contributed by atoms with van der Waals surface area (Å²) < 4.78 is 10.1. The van der Waals surface area contributed by atoms with Crippen LogP contribution in [0.1, 0.15) is 38.2 Å². The van der Waals surface area contributed by atoms with Gasteiger partial charge in [-0.3, -0.25) is 0 Å². The summed E-state index contributed by atoms with van der Waals surface area (Å²) in [6.07, 6.45) is 6.23. The summed E-state index contributed by atoms with van der Waals surface area (Å²) in [6.45, 7) is 4.20. The van der Waals surface area contributed by atoms with Gasteiger partial charge < -0.3 is 14.4 Å². The molecule has 5 nitrogen and oxygen atoms in total. The highest BCUT2D eigenvalue weighted by molar-refractivity contribution is 5.98. The van der Waals surface area contributed by atoms with E-state index in [4.69, 9.17) is 9.47 Å². The molecule has 2 rings (SSSR count). The molecule has 5 heteroatoms. The fourth-order valence-electron chi connectivity index (χ4n) is 2.93. The number of esters is 1. The van der Waals surface area contributed by atoms with E-state index in [1.165, 1.54) is 38.5 Å². The van der Waals surface area contributed by atoms with Crippen LogP contribution in [0.2, 0.25) is 0 Å². The molecule has 1 saturated heterocycles. The highest BCUT2D eigenvalue weighted by atomic mass is 16.6. The lowest BCUT2D eigenvalue weighted by Gasteiger charge is -2.22. The average Bonchev–Trinajstić information content (AvgIpc) is 2.89. The van der Waals surface area contributed by atoms with E-state index in [0.29, 0.717) is 6.61 Å². The fourth-order valence-corrected chi connectivity index (χ4v) is 2.93. The molecule has 0 unspecified atom stereocenters. The van der Waals surface area contributed by atoms with Gasteiger partial charge in [-0.1, -0.05) is 25.0 Å². The third-order valence-corrected chi connectivity index (χ3v) is 4.23. The highest BCUT2D eigenvalue weighted by Gasteiger charge is 2.15. The molecule has 25 heavy (non-hydrogen) atoms. The number of methoxy groups -OCH3 is 1. The van der Waals surface area contributed by atoms with E-state index in [1.807, 2.05) is 30.3 Å². The maximum atomic E-state index is 12.0. The van der Waals surface area contributed by atoms with Crippen LogP contribution in [0.15, 0.2) is 29.8 Å². The van der Waals surface area contributed by atoms with Gasteiger partial charge in [-0.2, -0.15) is 5.26 Å². The van der Waals surface area contributed by atoms with Gasteiger partial charge in [0.05, 0.1) is 6.61 Å². The number of carbonyl (C=O) groups is 1. The SMILES string of the molecule is COC[C@H](C)OC(=O)/C(C#N)=C/c1ccc(N2CCCCCC2)cc1. The van der Waals surface area contributed by atoms with Gasteiger partial charge in [-0.25, -0.2) is 4.79 Å². The number of nitrogens with zero attached hydrogens (tertiary/aromatic N) is 2. The molecule has 1 atom stereocenters. The van der Waals surface area contributed by atoms with Crippen LogP contribution in [-0.4, -0.2) is 38.9 Å². The highest BCUT2D eigenvalue weighted by Crippen LogP contribution is 2.21. The second-order valence-electron chi connectivity index (χ2n) is 6.33. The van der Waals surface area contributed by atoms with E-state index in [9.17, 15) is 10.1 Å². The van der Waals surface area contributed by atoms with Gasteiger partial charge in [0.1, 0.15) is 17.7 Å². The van der Waals surface area contributed by atoms with Crippen LogP contribution in [0.3, 0.4) is 0 Å². The molecule has 0 radical (unpaired) electrons. The number of anilines is 1. The summed E-state index contributed by atoms with van der Waals surface area (Å²) in [5.41, 5.74) is 1.99. The Morgan fingerprint density at radius 1 is 1.24 bits per heavy atom. The minimum Gasteiger partial charge on any atom is -0.456 e. The Morgan fingerprint density at radius 3 is 2.44 bits per heavy atom. The topological polar surface area (TPSA) is 62.6 Å². The normalized spacial score (nSPS) is 16.7. The first-order chi connectivity index (χ1) is 12.1. The van der Waals surface area contributed by atoms with Gasteiger partial charge in [0.25, 0.3) is 0 Å². The largest absolute Gasteiger partial charge is 0.456 e. The molecular weight excluding hydrogens is 316 g/mol. The van der Waals surface area contributed by atoms with Gasteiger partial charge in [0, 0.05) is 25.9 Å². The zero-order valence-corrected chi connectivity index (χ0v) is 15.0. The van der Waals surface area contributed by atoms with Gasteiger partial charge in [-0.05, 0) is 43.5 Å². The molecule has 0 saturated carbocycles. The first-order valence-electron chi connectivity index (χ1n) is 8.80. The Balaban J connectivity index is 2.05. The second-order valence-corrected chi connectivity index (χ2v) is 6.33. The maximum Gasteiger partial charge on any atom is 0.349 e. The van der Waals surface area contributed by atoms with Crippen LogP contribution < -0.4 is 4.90 Å². The van der Waals surface area contributed by atoms with Crippen molar-refractivity contribution in [2.24, 2.45) is 0 Å². The standard InChI is InChI=1S/C20H26N2O3/c1-16(15-24-2)25-20(23)18(14-21)13-17-7-9-19(10-8-17)22-11-5-3-4-6-12-22/h7-10,13,16H,3-6,11-12,15H2,1-2H3/b18-13+/t16-/m0/s1. The van der Waals surface area contributed by atoms with Crippen molar-refractivity contribution in [3.05, 3.63) is 35.4 Å². The van der Waals surface area contributed by atoms with E-state index in [-0.39, 0.29) is 11.7 Å². The third kappa shape index (κ3) is 5.91. The number of benzene rings is 1. The van der Waals surface area contributed by atoms with E-state index in [1.54, 1.807) is 13.0 Å². The van der Waals surface area contributed by atoms with Gasteiger partial charge in [0.15, 0.2) is 0 Å². The summed E-state index contributed by atoms with van der Waals surface area (Å²) in [5.74, 6) is -0.622. The molecule has 134 valence electrons. The molecule has 0 amide bonds. The molecule has 0 spiro atoms. The van der Waals surface area contributed by atoms with Gasteiger partial charge in [0.2, 0.25) is 0 Å². The number of ether oxygens (including phenoxy) is 2. The fraction of sp³-hybridized carbons (Fsp3) is 0.500. The van der Waals surface area contributed by atoms with Crippen LogP contribution in [0.4, 0.5) is 5.69 Å². The van der Waals surface area contributed by atoms with Crippen molar-refractivity contribution < 1.29 is 14.3 Å². The summed E-state index contributed by atoms with van der Waals surface area (Å²) in [6, 6.07) is 9.88. The Kier molecular flexibility index (Phi) is 7.49. The molecule has 1 heterocycles. The molecule has 1 aromatic rings. The molecule has 0 N–H and O–H groups in total. The van der Waals surface area contributed by atoms with Crippen LogP contribution in [0.25, 0.3) is 6.08 Å². The van der Waals surface area contributed by atoms with Crippen LogP contribution in [0, 0.1) is 11.3 Å². The van der Waals surface area contributed by atoms with Crippen molar-refractivity contribution in [1.82, 2.24) is 0 Å².